The number of hydrogen-bond donors (Lipinski definition) is 0. The number of unbranched alkanes of at least 4 members (excludes halogenated alkanes) is 1. The Morgan fingerprint density at radius 1 is 1.15 bits per heavy atom. The van der Waals surface area contributed by atoms with Crippen LogP contribution < -0.4 is 15.8 Å². The van der Waals surface area contributed by atoms with E-state index in [0.29, 0.717) is 35.8 Å². The lowest BCUT2D eigenvalue weighted by Crippen LogP contribution is -2.35. The van der Waals surface area contributed by atoms with Gasteiger partial charge in [0.05, 0.1) is 31.2 Å². The molecule has 10 heteroatoms. The van der Waals surface area contributed by atoms with Crippen LogP contribution in [-0.4, -0.2) is 51.8 Å². The molecule has 5 rings (SSSR count). The zero-order valence-electron chi connectivity index (χ0n) is 22.7. The first-order valence-corrected chi connectivity index (χ1v) is 13.7. The van der Waals surface area contributed by atoms with Crippen molar-refractivity contribution in [1.29, 1.82) is 0 Å². The highest BCUT2D eigenvalue weighted by atomic mass is 16.5. The van der Waals surface area contributed by atoms with Crippen molar-refractivity contribution in [3.63, 3.8) is 0 Å². The van der Waals surface area contributed by atoms with Gasteiger partial charge in [0, 0.05) is 18.4 Å². The highest BCUT2D eigenvalue weighted by Gasteiger charge is 2.24. The van der Waals surface area contributed by atoms with Gasteiger partial charge in [-0.15, -0.1) is 0 Å². The average molecular weight is 545 g/mol. The molecule has 10 nitrogen and oxygen atoms in total. The average Bonchev–Trinajstić information content (AvgIpc) is 3.48. The summed E-state index contributed by atoms with van der Waals surface area (Å²) >= 11 is 0. The molecular weight excluding hydrogens is 512 g/mol. The van der Waals surface area contributed by atoms with Gasteiger partial charge in [-0.1, -0.05) is 19.4 Å². The maximum Gasteiger partial charge on any atom is 0.341 e. The SMILES string of the molecule is CCCCOc1ccc(C(=O)N=c2c(C(=O)OCC)cc3c(=O)n4ccccc4nc3n2C[C@@H]2CCCO2)cc1. The predicted octanol–water partition coefficient (Wildman–Crippen LogP) is 3.92. The van der Waals surface area contributed by atoms with Crippen LogP contribution in [0.2, 0.25) is 0 Å². The summed E-state index contributed by atoms with van der Waals surface area (Å²) in [5.74, 6) is -0.578. The maximum absolute atomic E-state index is 13.5. The molecule has 40 heavy (non-hydrogen) atoms. The molecule has 208 valence electrons. The van der Waals surface area contributed by atoms with Gasteiger partial charge >= 0.3 is 5.97 Å². The summed E-state index contributed by atoms with van der Waals surface area (Å²) in [6.45, 7) is 5.36. The number of carbonyl (C=O) groups excluding carboxylic acids is 2. The zero-order chi connectivity index (χ0) is 28.1. The molecule has 1 aromatic carbocycles. The van der Waals surface area contributed by atoms with Crippen LogP contribution in [0.1, 0.15) is 60.2 Å². The Bertz CT molecular complexity index is 1670. The van der Waals surface area contributed by atoms with Gasteiger partial charge in [0.25, 0.3) is 11.5 Å². The molecule has 1 atom stereocenters. The van der Waals surface area contributed by atoms with Crippen LogP contribution in [0.5, 0.6) is 5.75 Å². The van der Waals surface area contributed by atoms with E-state index in [-0.39, 0.29) is 41.3 Å². The maximum atomic E-state index is 13.5. The fraction of sp³-hybridized carbons (Fsp3) is 0.367. The number of amides is 1. The second-order valence-corrected chi connectivity index (χ2v) is 9.57. The van der Waals surface area contributed by atoms with Crippen LogP contribution in [-0.2, 0) is 16.0 Å². The van der Waals surface area contributed by atoms with E-state index in [9.17, 15) is 14.4 Å². The molecule has 0 bridgehead atoms. The lowest BCUT2D eigenvalue weighted by Gasteiger charge is -2.18. The van der Waals surface area contributed by atoms with E-state index in [1.54, 1.807) is 60.2 Å². The van der Waals surface area contributed by atoms with Gasteiger partial charge < -0.3 is 18.8 Å². The molecule has 1 aliphatic rings. The Morgan fingerprint density at radius 3 is 2.70 bits per heavy atom. The molecule has 0 spiro atoms. The number of esters is 1. The van der Waals surface area contributed by atoms with E-state index in [0.717, 1.165) is 25.7 Å². The third kappa shape index (κ3) is 5.67. The smallest absolute Gasteiger partial charge is 0.341 e. The summed E-state index contributed by atoms with van der Waals surface area (Å²) in [6.07, 6.45) is 5.07. The molecule has 1 amide bonds. The van der Waals surface area contributed by atoms with Gasteiger partial charge in [-0.05, 0) is 68.7 Å². The van der Waals surface area contributed by atoms with Crippen molar-refractivity contribution in [2.75, 3.05) is 19.8 Å². The van der Waals surface area contributed by atoms with Gasteiger partial charge in [0.1, 0.15) is 22.6 Å². The van der Waals surface area contributed by atoms with Crippen molar-refractivity contribution in [2.24, 2.45) is 4.99 Å². The predicted molar refractivity (Wildman–Crippen MR) is 149 cm³/mol. The summed E-state index contributed by atoms with van der Waals surface area (Å²) in [6, 6.07) is 13.4. The third-order valence-electron chi connectivity index (χ3n) is 6.77. The summed E-state index contributed by atoms with van der Waals surface area (Å²) in [5.41, 5.74) is 0.806. The molecule has 0 radical (unpaired) electrons. The summed E-state index contributed by atoms with van der Waals surface area (Å²) in [7, 11) is 0. The van der Waals surface area contributed by atoms with Crippen LogP contribution in [0.25, 0.3) is 16.7 Å². The number of carbonyl (C=O) groups is 2. The monoisotopic (exact) mass is 544 g/mol. The second kappa shape index (κ2) is 12.3. The molecule has 4 aromatic rings. The van der Waals surface area contributed by atoms with Crippen molar-refractivity contribution < 1.29 is 23.8 Å². The van der Waals surface area contributed by atoms with Gasteiger partial charge in [0.2, 0.25) is 0 Å². The summed E-state index contributed by atoms with van der Waals surface area (Å²) in [5, 5.41) is 0.213. The molecule has 1 aliphatic heterocycles. The van der Waals surface area contributed by atoms with E-state index in [4.69, 9.17) is 19.2 Å². The van der Waals surface area contributed by atoms with Crippen molar-refractivity contribution in [2.45, 2.75) is 52.2 Å². The fourth-order valence-electron chi connectivity index (χ4n) is 4.71. The highest BCUT2D eigenvalue weighted by Crippen LogP contribution is 2.18. The van der Waals surface area contributed by atoms with Crippen molar-refractivity contribution in [3.05, 3.63) is 81.7 Å². The number of rotatable bonds is 9. The first-order chi connectivity index (χ1) is 19.5. The van der Waals surface area contributed by atoms with Gasteiger partial charge in [-0.25, -0.2) is 9.78 Å². The highest BCUT2D eigenvalue weighted by molar-refractivity contribution is 5.97. The Balaban J connectivity index is 1.71. The zero-order valence-corrected chi connectivity index (χ0v) is 22.7. The summed E-state index contributed by atoms with van der Waals surface area (Å²) < 4.78 is 20.0. The molecule has 0 N–H and O–H groups in total. The number of ether oxygens (including phenoxy) is 3. The summed E-state index contributed by atoms with van der Waals surface area (Å²) in [4.78, 5) is 49.3. The van der Waals surface area contributed by atoms with Gasteiger partial charge in [0.15, 0.2) is 5.49 Å². The van der Waals surface area contributed by atoms with Crippen LogP contribution in [0.15, 0.2) is 64.5 Å². The Labute approximate surface area is 230 Å². The number of fused-ring (bicyclic) bond motifs is 2. The first kappa shape index (κ1) is 27.3. The quantitative estimate of drug-likeness (QED) is 0.178. The molecule has 3 aromatic heterocycles. The normalized spacial score (nSPS) is 15.6. The van der Waals surface area contributed by atoms with E-state index in [2.05, 4.69) is 11.9 Å². The van der Waals surface area contributed by atoms with E-state index in [1.807, 2.05) is 0 Å². The molecule has 0 unspecified atom stereocenters. The third-order valence-corrected chi connectivity index (χ3v) is 6.77. The Hall–Kier alpha value is -4.31. The topological polar surface area (TPSA) is 113 Å². The lowest BCUT2D eigenvalue weighted by atomic mass is 10.1. The standard InChI is InChI=1S/C30H32N4O6/c1-3-5-16-39-21-13-11-20(12-14-21)28(35)32-27-24(30(37)38-4-2)18-23-26(34(27)19-22-9-8-17-40-22)31-25-10-6-7-15-33(25)29(23)36/h6-7,10-15,18,22H,3-5,8-9,16-17,19H2,1-2H3/t22-/m0/s1. The molecule has 1 saturated heterocycles. The van der Waals surface area contributed by atoms with Crippen molar-refractivity contribution in [1.82, 2.24) is 14.0 Å². The second-order valence-electron chi connectivity index (χ2n) is 9.57. The van der Waals surface area contributed by atoms with Gasteiger partial charge in [-0.3, -0.25) is 14.0 Å². The largest absolute Gasteiger partial charge is 0.494 e. The van der Waals surface area contributed by atoms with Crippen LogP contribution in [0.4, 0.5) is 0 Å². The Kier molecular flexibility index (Phi) is 8.35. The van der Waals surface area contributed by atoms with Gasteiger partial charge in [-0.2, -0.15) is 4.99 Å². The molecule has 4 heterocycles. The van der Waals surface area contributed by atoms with E-state index in [1.165, 1.54) is 10.5 Å². The number of hydrogen-bond acceptors (Lipinski definition) is 7. The number of pyridine rings is 2. The Morgan fingerprint density at radius 2 is 1.98 bits per heavy atom. The number of aromatic nitrogens is 3. The van der Waals surface area contributed by atoms with Crippen molar-refractivity contribution in [3.8, 4) is 5.75 Å². The molecular formula is C30H32N4O6. The van der Waals surface area contributed by atoms with Crippen LogP contribution >= 0.6 is 0 Å². The lowest BCUT2D eigenvalue weighted by molar-refractivity contribution is 0.0521. The first-order valence-electron chi connectivity index (χ1n) is 13.7. The molecule has 0 saturated carbocycles. The number of benzene rings is 1. The van der Waals surface area contributed by atoms with Crippen LogP contribution in [0.3, 0.4) is 0 Å². The van der Waals surface area contributed by atoms with E-state index >= 15 is 0 Å². The number of nitrogens with zero attached hydrogens (tertiary/aromatic N) is 4. The minimum absolute atomic E-state index is 0.00926. The fourth-order valence-corrected chi connectivity index (χ4v) is 4.71. The molecule has 1 fully saturated rings. The molecule has 0 aliphatic carbocycles. The van der Waals surface area contributed by atoms with Crippen molar-refractivity contribution >= 4 is 28.6 Å². The van der Waals surface area contributed by atoms with E-state index < -0.39 is 11.9 Å². The van der Waals surface area contributed by atoms with Crippen LogP contribution in [0, 0.1) is 0 Å². The minimum atomic E-state index is -0.686. The minimum Gasteiger partial charge on any atom is -0.494 e.